The van der Waals surface area contributed by atoms with Crippen LogP contribution in [0.25, 0.3) is 0 Å². The maximum Gasteiger partial charge on any atom is 0.329 e. The normalized spacial score (nSPS) is 21.8. The number of amides is 1. The SMILES string of the molecule is CCN(C(C)=O)C1(C(=O)O)CCS(=O)(=O)CC1. The van der Waals surface area contributed by atoms with Crippen molar-refractivity contribution in [3.05, 3.63) is 0 Å². The van der Waals surface area contributed by atoms with Gasteiger partial charge < -0.3 is 10.0 Å². The molecule has 1 aliphatic heterocycles. The summed E-state index contributed by atoms with van der Waals surface area (Å²) in [6.45, 7) is 3.26. The molecule has 0 spiro atoms. The summed E-state index contributed by atoms with van der Waals surface area (Å²) in [7, 11) is -3.16. The third-order valence-electron chi connectivity index (χ3n) is 3.26. The summed E-state index contributed by atoms with van der Waals surface area (Å²) in [6.07, 6.45) is -0.0594. The molecule has 1 aliphatic rings. The second-order valence-corrected chi connectivity index (χ2v) is 6.56. The van der Waals surface area contributed by atoms with Crippen LogP contribution < -0.4 is 0 Å². The highest BCUT2D eigenvalue weighted by atomic mass is 32.2. The number of nitrogens with zero attached hydrogens (tertiary/aromatic N) is 1. The Morgan fingerprint density at radius 2 is 1.76 bits per heavy atom. The Labute approximate surface area is 101 Å². The number of carbonyl (C=O) groups is 2. The maximum atomic E-state index is 11.5. The molecule has 0 saturated carbocycles. The molecule has 0 aromatic rings. The Morgan fingerprint density at radius 3 is 2.06 bits per heavy atom. The van der Waals surface area contributed by atoms with Crippen molar-refractivity contribution in [2.75, 3.05) is 18.1 Å². The molecule has 98 valence electrons. The molecule has 7 heteroatoms. The number of carboxylic acids is 1. The van der Waals surface area contributed by atoms with Gasteiger partial charge in [0.25, 0.3) is 0 Å². The summed E-state index contributed by atoms with van der Waals surface area (Å²) >= 11 is 0. The van der Waals surface area contributed by atoms with E-state index >= 15 is 0 Å². The van der Waals surface area contributed by atoms with Crippen molar-refractivity contribution in [2.24, 2.45) is 0 Å². The van der Waals surface area contributed by atoms with Crippen molar-refractivity contribution in [3.8, 4) is 0 Å². The van der Waals surface area contributed by atoms with E-state index in [0.717, 1.165) is 0 Å². The standard InChI is InChI=1S/C10H17NO5S/c1-3-11(8(2)12)10(9(13)14)4-6-17(15,16)7-5-10/h3-7H2,1-2H3,(H,13,14). The smallest absolute Gasteiger partial charge is 0.329 e. The molecular formula is C10H17NO5S. The van der Waals surface area contributed by atoms with E-state index in [1.807, 2.05) is 0 Å². The highest BCUT2D eigenvalue weighted by molar-refractivity contribution is 7.91. The van der Waals surface area contributed by atoms with Crippen LogP contribution in [0.4, 0.5) is 0 Å². The van der Waals surface area contributed by atoms with Crippen LogP contribution >= 0.6 is 0 Å². The van der Waals surface area contributed by atoms with E-state index in [9.17, 15) is 23.1 Å². The number of hydrogen-bond acceptors (Lipinski definition) is 4. The first-order valence-electron chi connectivity index (χ1n) is 5.47. The number of aliphatic carboxylic acids is 1. The van der Waals surface area contributed by atoms with Crippen molar-refractivity contribution in [1.82, 2.24) is 4.90 Å². The zero-order valence-corrected chi connectivity index (χ0v) is 10.8. The molecule has 0 aromatic carbocycles. The zero-order chi connectivity index (χ0) is 13.3. The largest absolute Gasteiger partial charge is 0.479 e. The van der Waals surface area contributed by atoms with Gasteiger partial charge in [-0.2, -0.15) is 0 Å². The minimum absolute atomic E-state index is 0.0297. The molecule has 6 nitrogen and oxygen atoms in total. The van der Waals surface area contributed by atoms with Crippen LogP contribution in [0.3, 0.4) is 0 Å². The number of hydrogen-bond donors (Lipinski definition) is 1. The minimum Gasteiger partial charge on any atom is -0.479 e. The van der Waals surface area contributed by atoms with Crippen LogP contribution in [0.2, 0.25) is 0 Å². The van der Waals surface area contributed by atoms with Crippen LogP contribution in [-0.2, 0) is 19.4 Å². The summed E-state index contributed by atoms with van der Waals surface area (Å²) in [6, 6.07) is 0. The molecule has 0 aromatic heterocycles. The lowest BCUT2D eigenvalue weighted by molar-refractivity contribution is -0.159. The van der Waals surface area contributed by atoms with Gasteiger partial charge in [0, 0.05) is 13.5 Å². The fourth-order valence-corrected chi connectivity index (χ4v) is 3.80. The van der Waals surface area contributed by atoms with Crippen molar-refractivity contribution in [1.29, 1.82) is 0 Å². The summed E-state index contributed by atoms with van der Waals surface area (Å²) in [5, 5.41) is 9.32. The number of carboxylic acid groups (broad SMARTS) is 1. The number of likely N-dealkylation sites (N-methyl/N-ethyl adjacent to an activating group) is 1. The Bertz CT molecular complexity index is 414. The second-order valence-electron chi connectivity index (χ2n) is 4.25. The van der Waals surface area contributed by atoms with E-state index in [4.69, 9.17) is 0 Å². The summed E-state index contributed by atoms with van der Waals surface area (Å²) in [5.41, 5.74) is -1.36. The number of sulfone groups is 1. The van der Waals surface area contributed by atoms with E-state index < -0.39 is 21.3 Å². The van der Waals surface area contributed by atoms with Gasteiger partial charge in [-0.15, -0.1) is 0 Å². The first-order valence-corrected chi connectivity index (χ1v) is 7.29. The highest BCUT2D eigenvalue weighted by Crippen LogP contribution is 2.30. The summed E-state index contributed by atoms with van der Waals surface area (Å²) < 4.78 is 22.7. The van der Waals surface area contributed by atoms with Gasteiger partial charge in [-0.3, -0.25) is 4.79 Å². The van der Waals surface area contributed by atoms with E-state index in [2.05, 4.69) is 0 Å². The fourth-order valence-electron chi connectivity index (χ4n) is 2.30. The Morgan fingerprint density at radius 1 is 1.29 bits per heavy atom. The fraction of sp³-hybridized carbons (Fsp3) is 0.800. The van der Waals surface area contributed by atoms with Crippen LogP contribution in [0.5, 0.6) is 0 Å². The van der Waals surface area contributed by atoms with Crippen molar-refractivity contribution in [3.63, 3.8) is 0 Å². The van der Waals surface area contributed by atoms with Crippen LogP contribution in [-0.4, -0.2) is 53.9 Å². The molecule has 1 N–H and O–H groups in total. The highest BCUT2D eigenvalue weighted by Gasteiger charge is 2.48. The van der Waals surface area contributed by atoms with Gasteiger partial charge in [0.2, 0.25) is 5.91 Å². The quantitative estimate of drug-likeness (QED) is 0.767. The van der Waals surface area contributed by atoms with Gasteiger partial charge in [-0.1, -0.05) is 0 Å². The average molecular weight is 263 g/mol. The topological polar surface area (TPSA) is 91.8 Å². The van der Waals surface area contributed by atoms with Gasteiger partial charge in [-0.05, 0) is 19.8 Å². The molecule has 1 rings (SSSR count). The maximum absolute atomic E-state index is 11.5. The van der Waals surface area contributed by atoms with E-state index in [1.165, 1.54) is 11.8 Å². The summed E-state index contributed by atoms with van der Waals surface area (Å²) in [4.78, 5) is 24.1. The van der Waals surface area contributed by atoms with Crippen LogP contribution in [0.15, 0.2) is 0 Å². The molecule has 1 amide bonds. The molecule has 0 bridgehead atoms. The van der Waals surface area contributed by atoms with Crippen LogP contribution in [0.1, 0.15) is 26.7 Å². The number of carbonyl (C=O) groups excluding carboxylic acids is 1. The lowest BCUT2D eigenvalue weighted by atomic mass is 9.90. The molecule has 1 fully saturated rings. The molecule has 1 saturated heterocycles. The van der Waals surface area contributed by atoms with Crippen molar-refractivity contribution < 1.29 is 23.1 Å². The number of rotatable bonds is 3. The van der Waals surface area contributed by atoms with Gasteiger partial charge in [0.05, 0.1) is 11.5 Å². The molecular weight excluding hydrogens is 246 g/mol. The van der Waals surface area contributed by atoms with E-state index in [1.54, 1.807) is 6.92 Å². The predicted octanol–water partition coefficient (Wildman–Crippen LogP) is -0.113. The zero-order valence-electron chi connectivity index (χ0n) is 9.97. The minimum atomic E-state index is -3.16. The average Bonchev–Trinajstić information content (AvgIpc) is 2.20. The van der Waals surface area contributed by atoms with Crippen molar-refractivity contribution in [2.45, 2.75) is 32.2 Å². The Balaban J connectivity index is 3.08. The second kappa shape index (κ2) is 4.64. The van der Waals surface area contributed by atoms with Crippen LogP contribution in [0, 0.1) is 0 Å². The van der Waals surface area contributed by atoms with Gasteiger partial charge >= 0.3 is 5.97 Å². The van der Waals surface area contributed by atoms with Gasteiger partial charge in [-0.25, -0.2) is 13.2 Å². The lowest BCUT2D eigenvalue weighted by Gasteiger charge is -2.41. The third kappa shape index (κ3) is 2.59. The first-order chi connectivity index (χ1) is 7.75. The lowest BCUT2D eigenvalue weighted by Crippen LogP contribution is -2.60. The molecule has 0 radical (unpaired) electrons. The Hall–Kier alpha value is -1.11. The molecule has 0 unspecified atom stereocenters. The molecule has 1 heterocycles. The molecule has 0 aliphatic carbocycles. The molecule has 17 heavy (non-hydrogen) atoms. The van der Waals surface area contributed by atoms with E-state index in [0.29, 0.717) is 0 Å². The Kier molecular flexibility index (Phi) is 3.81. The van der Waals surface area contributed by atoms with Gasteiger partial charge in [0.1, 0.15) is 5.54 Å². The van der Waals surface area contributed by atoms with Crippen molar-refractivity contribution >= 4 is 21.7 Å². The monoisotopic (exact) mass is 263 g/mol. The van der Waals surface area contributed by atoms with Gasteiger partial charge in [0.15, 0.2) is 9.84 Å². The first kappa shape index (κ1) is 14.0. The summed E-state index contributed by atoms with van der Waals surface area (Å²) in [5.74, 6) is -1.81. The predicted molar refractivity (Wildman–Crippen MR) is 61.3 cm³/mol. The molecule has 0 atom stereocenters. The third-order valence-corrected chi connectivity index (χ3v) is 4.92. The van der Waals surface area contributed by atoms with E-state index in [-0.39, 0.29) is 36.8 Å².